The summed E-state index contributed by atoms with van der Waals surface area (Å²) in [6, 6.07) is 0. The zero-order valence-corrected chi connectivity index (χ0v) is 9.07. The number of nitrogens with zero attached hydrogens (tertiary/aromatic N) is 2. The van der Waals surface area contributed by atoms with E-state index in [1.165, 1.54) is 4.57 Å². The first kappa shape index (κ1) is 9.38. The van der Waals surface area contributed by atoms with E-state index < -0.39 is 11.2 Å². The summed E-state index contributed by atoms with van der Waals surface area (Å²) in [5.74, 6) is 1.83. The predicted octanol–water partition coefficient (Wildman–Crippen LogP) is 0.0733. The van der Waals surface area contributed by atoms with Gasteiger partial charge in [-0.15, -0.1) is 0 Å². The van der Waals surface area contributed by atoms with E-state index in [0.29, 0.717) is 23.0 Å². The van der Waals surface area contributed by atoms with Gasteiger partial charge in [0.1, 0.15) is 11.3 Å². The molecule has 2 N–H and O–H groups in total. The molecule has 2 aromatic rings. The highest BCUT2D eigenvalue weighted by Crippen LogP contribution is 2.45. The molecule has 6 heteroatoms. The molecule has 1 aliphatic carbocycles. The molecule has 1 fully saturated rings. The van der Waals surface area contributed by atoms with Gasteiger partial charge in [0, 0.05) is 13.0 Å². The molecule has 2 atom stereocenters. The summed E-state index contributed by atoms with van der Waals surface area (Å²) < 4.78 is 1.35. The molecule has 0 aromatic carbocycles. The maximum atomic E-state index is 11.5. The summed E-state index contributed by atoms with van der Waals surface area (Å²) in [4.78, 5) is 32.5. The Morgan fingerprint density at radius 3 is 2.69 bits per heavy atom. The van der Waals surface area contributed by atoms with Crippen LogP contribution in [-0.2, 0) is 7.05 Å². The molecule has 0 saturated heterocycles. The normalized spacial score (nSPS) is 23.9. The molecular weight excluding hydrogens is 208 g/mol. The Labute approximate surface area is 90.3 Å². The lowest BCUT2D eigenvalue weighted by atomic mass is 10.3. The zero-order chi connectivity index (χ0) is 11.4. The van der Waals surface area contributed by atoms with Gasteiger partial charge in [-0.3, -0.25) is 14.3 Å². The number of aromatic nitrogens is 4. The quantitative estimate of drug-likeness (QED) is 0.713. The Kier molecular flexibility index (Phi) is 1.66. The van der Waals surface area contributed by atoms with Crippen LogP contribution >= 0.6 is 0 Å². The van der Waals surface area contributed by atoms with Crippen molar-refractivity contribution in [3.63, 3.8) is 0 Å². The fraction of sp³-hybridized carbons (Fsp3) is 0.500. The number of H-pyrrole nitrogens is 2. The number of imidazole rings is 1. The Morgan fingerprint density at radius 1 is 1.38 bits per heavy atom. The molecule has 0 amide bonds. The van der Waals surface area contributed by atoms with Crippen molar-refractivity contribution >= 4 is 11.2 Å². The van der Waals surface area contributed by atoms with Crippen LogP contribution in [0.4, 0.5) is 0 Å². The van der Waals surface area contributed by atoms with E-state index >= 15 is 0 Å². The lowest BCUT2D eigenvalue weighted by Crippen LogP contribution is -2.28. The van der Waals surface area contributed by atoms with Crippen LogP contribution in [0.2, 0.25) is 0 Å². The maximum Gasteiger partial charge on any atom is 0.329 e. The fourth-order valence-electron chi connectivity index (χ4n) is 2.00. The van der Waals surface area contributed by atoms with Gasteiger partial charge in [0.2, 0.25) is 0 Å². The Bertz CT molecular complexity index is 678. The fourth-order valence-corrected chi connectivity index (χ4v) is 2.00. The van der Waals surface area contributed by atoms with Crippen LogP contribution < -0.4 is 11.2 Å². The van der Waals surface area contributed by atoms with Crippen molar-refractivity contribution in [2.45, 2.75) is 19.3 Å². The molecule has 0 radical (unpaired) electrons. The number of aromatic amines is 2. The highest BCUT2D eigenvalue weighted by molar-refractivity contribution is 5.69. The van der Waals surface area contributed by atoms with Crippen molar-refractivity contribution in [1.82, 2.24) is 19.5 Å². The van der Waals surface area contributed by atoms with Gasteiger partial charge in [-0.25, -0.2) is 9.78 Å². The van der Waals surface area contributed by atoms with Gasteiger partial charge >= 0.3 is 5.69 Å². The summed E-state index contributed by atoms with van der Waals surface area (Å²) in [5, 5.41) is 0. The second-order valence-corrected chi connectivity index (χ2v) is 4.46. The van der Waals surface area contributed by atoms with Gasteiger partial charge in [-0.2, -0.15) is 0 Å². The SMILES string of the molecule is CC1CC1c1nc2c([nH]1)c(=O)[nH]c(=O)n2C. The van der Waals surface area contributed by atoms with Gasteiger partial charge in [0.15, 0.2) is 5.65 Å². The first-order valence-electron chi connectivity index (χ1n) is 5.27. The molecule has 1 saturated carbocycles. The van der Waals surface area contributed by atoms with Crippen molar-refractivity contribution in [2.75, 3.05) is 0 Å². The molecule has 0 bridgehead atoms. The van der Waals surface area contributed by atoms with E-state index in [0.717, 1.165) is 12.2 Å². The molecule has 84 valence electrons. The standard InChI is InChI=1S/C10H12N4O2/c1-4-3-5(4)7-11-6-8(12-7)14(2)10(16)13-9(6)15/h4-5H,3H2,1-2H3,(H,11,12)(H,13,15,16). The first-order valence-corrected chi connectivity index (χ1v) is 5.27. The molecule has 0 aliphatic heterocycles. The molecule has 6 nitrogen and oxygen atoms in total. The summed E-state index contributed by atoms with van der Waals surface area (Å²) in [6.45, 7) is 2.14. The van der Waals surface area contributed by atoms with Gasteiger partial charge in [0.25, 0.3) is 5.56 Å². The van der Waals surface area contributed by atoms with Crippen molar-refractivity contribution in [2.24, 2.45) is 13.0 Å². The second kappa shape index (κ2) is 2.84. The lowest BCUT2D eigenvalue weighted by Gasteiger charge is -1.94. The van der Waals surface area contributed by atoms with Gasteiger partial charge in [-0.05, 0) is 12.3 Å². The number of aryl methyl sites for hydroxylation is 1. The minimum atomic E-state index is -0.431. The second-order valence-electron chi connectivity index (χ2n) is 4.46. The molecule has 1 aliphatic rings. The van der Waals surface area contributed by atoms with E-state index in [2.05, 4.69) is 21.9 Å². The molecular formula is C10H12N4O2. The third-order valence-electron chi connectivity index (χ3n) is 3.23. The average Bonchev–Trinajstić information content (AvgIpc) is 2.80. The van der Waals surface area contributed by atoms with Crippen LogP contribution in [0.1, 0.15) is 25.1 Å². The lowest BCUT2D eigenvalue weighted by molar-refractivity contribution is 0.825. The van der Waals surface area contributed by atoms with Gasteiger partial charge < -0.3 is 4.98 Å². The summed E-state index contributed by atoms with van der Waals surface area (Å²) in [7, 11) is 1.60. The molecule has 0 spiro atoms. The molecule has 3 rings (SSSR count). The summed E-state index contributed by atoms with van der Waals surface area (Å²) >= 11 is 0. The molecule has 2 heterocycles. The van der Waals surface area contributed by atoms with E-state index in [4.69, 9.17) is 0 Å². The van der Waals surface area contributed by atoms with Gasteiger partial charge in [0.05, 0.1) is 0 Å². The zero-order valence-electron chi connectivity index (χ0n) is 9.07. The minimum absolute atomic E-state index is 0.385. The van der Waals surface area contributed by atoms with Crippen LogP contribution in [0, 0.1) is 5.92 Å². The third-order valence-corrected chi connectivity index (χ3v) is 3.23. The van der Waals surface area contributed by atoms with Crippen LogP contribution in [0.25, 0.3) is 11.2 Å². The largest absolute Gasteiger partial charge is 0.336 e. The summed E-state index contributed by atoms with van der Waals surface area (Å²) in [6.07, 6.45) is 1.09. The number of rotatable bonds is 1. The van der Waals surface area contributed by atoms with E-state index in [1.807, 2.05) is 0 Å². The Balaban J connectivity index is 2.32. The Hall–Kier alpha value is -1.85. The smallest absolute Gasteiger partial charge is 0.329 e. The molecule has 2 aromatic heterocycles. The molecule has 2 unspecified atom stereocenters. The highest BCUT2D eigenvalue weighted by atomic mass is 16.2. The summed E-state index contributed by atoms with van der Waals surface area (Å²) in [5.41, 5.74) is -0.0106. The Morgan fingerprint density at radius 2 is 2.06 bits per heavy atom. The van der Waals surface area contributed by atoms with Crippen molar-refractivity contribution in [3.8, 4) is 0 Å². The first-order chi connectivity index (χ1) is 7.58. The number of hydrogen-bond donors (Lipinski definition) is 2. The number of nitrogens with one attached hydrogen (secondary N) is 2. The predicted molar refractivity (Wildman–Crippen MR) is 58.5 cm³/mol. The molecule has 16 heavy (non-hydrogen) atoms. The van der Waals surface area contributed by atoms with E-state index in [1.54, 1.807) is 7.05 Å². The van der Waals surface area contributed by atoms with Crippen molar-refractivity contribution in [1.29, 1.82) is 0 Å². The topological polar surface area (TPSA) is 83.5 Å². The van der Waals surface area contributed by atoms with Crippen molar-refractivity contribution < 1.29 is 0 Å². The van der Waals surface area contributed by atoms with Crippen LogP contribution in [0.3, 0.4) is 0 Å². The van der Waals surface area contributed by atoms with Crippen LogP contribution in [0.5, 0.6) is 0 Å². The minimum Gasteiger partial charge on any atom is -0.336 e. The highest BCUT2D eigenvalue weighted by Gasteiger charge is 2.37. The van der Waals surface area contributed by atoms with E-state index in [-0.39, 0.29) is 0 Å². The average molecular weight is 220 g/mol. The van der Waals surface area contributed by atoms with Crippen LogP contribution in [-0.4, -0.2) is 19.5 Å². The maximum absolute atomic E-state index is 11.5. The van der Waals surface area contributed by atoms with Crippen molar-refractivity contribution in [3.05, 3.63) is 26.7 Å². The van der Waals surface area contributed by atoms with Gasteiger partial charge in [-0.1, -0.05) is 6.92 Å². The van der Waals surface area contributed by atoms with E-state index in [9.17, 15) is 9.59 Å². The number of fused-ring (bicyclic) bond motifs is 1. The van der Waals surface area contributed by atoms with Crippen LogP contribution in [0.15, 0.2) is 9.59 Å². The monoisotopic (exact) mass is 220 g/mol. The third kappa shape index (κ3) is 1.16. The number of hydrogen-bond acceptors (Lipinski definition) is 3.